The molecule has 1 nitrogen and oxygen atoms in total. The maximum atomic E-state index is 2.56. The molecule has 0 radical (unpaired) electrons. The molecule has 0 aliphatic carbocycles. The van der Waals surface area contributed by atoms with Crippen molar-refractivity contribution >= 4 is 50.9 Å². The first-order valence-corrected chi connectivity index (χ1v) is 7.23. The summed E-state index contributed by atoms with van der Waals surface area (Å²) in [5.41, 5.74) is 1.38. The molecule has 3 heteroatoms. The van der Waals surface area contributed by atoms with Gasteiger partial charge in [0.05, 0.1) is 0 Å². The summed E-state index contributed by atoms with van der Waals surface area (Å²) >= 11 is 4.91. The minimum absolute atomic E-state index is 0.882. The smallest absolute Gasteiger partial charge is 0.0366 e. The SMILES string of the molecule is Ic1ccc(N2CCC(I)CC2)cc1. The van der Waals surface area contributed by atoms with E-state index in [0.29, 0.717) is 0 Å². The fourth-order valence-corrected chi connectivity index (χ4v) is 2.67. The first-order valence-electron chi connectivity index (χ1n) is 4.90. The molecule has 0 N–H and O–H groups in total. The number of alkyl halides is 1. The molecule has 0 bridgehead atoms. The summed E-state index contributed by atoms with van der Waals surface area (Å²) in [7, 11) is 0. The largest absolute Gasteiger partial charge is 0.371 e. The Morgan fingerprint density at radius 3 is 2.21 bits per heavy atom. The fraction of sp³-hybridized carbons (Fsp3) is 0.455. The third kappa shape index (κ3) is 2.74. The van der Waals surface area contributed by atoms with Crippen LogP contribution in [0.5, 0.6) is 0 Å². The monoisotopic (exact) mass is 413 g/mol. The number of piperidine rings is 1. The van der Waals surface area contributed by atoms with Crippen LogP contribution in [0.4, 0.5) is 5.69 Å². The number of anilines is 1. The van der Waals surface area contributed by atoms with Crippen LogP contribution < -0.4 is 4.90 Å². The molecular weight excluding hydrogens is 400 g/mol. The second kappa shape index (κ2) is 5.01. The van der Waals surface area contributed by atoms with Gasteiger partial charge in [0.25, 0.3) is 0 Å². The van der Waals surface area contributed by atoms with Gasteiger partial charge in [0.2, 0.25) is 0 Å². The number of benzene rings is 1. The van der Waals surface area contributed by atoms with Crippen molar-refractivity contribution in [3.05, 3.63) is 27.8 Å². The Bertz CT molecular complexity index is 289. The van der Waals surface area contributed by atoms with Gasteiger partial charge in [0.15, 0.2) is 0 Å². The van der Waals surface area contributed by atoms with Gasteiger partial charge in [-0.15, -0.1) is 0 Å². The van der Waals surface area contributed by atoms with Gasteiger partial charge < -0.3 is 4.90 Å². The number of hydrogen-bond acceptors (Lipinski definition) is 1. The summed E-state index contributed by atoms with van der Waals surface area (Å²) in [4.78, 5) is 2.49. The van der Waals surface area contributed by atoms with Crippen molar-refractivity contribution in [2.24, 2.45) is 0 Å². The Morgan fingerprint density at radius 1 is 1.07 bits per heavy atom. The number of nitrogens with zero attached hydrogens (tertiary/aromatic N) is 1. The Kier molecular flexibility index (Phi) is 3.93. The molecule has 2 rings (SSSR count). The second-order valence-electron chi connectivity index (χ2n) is 3.64. The molecule has 0 amide bonds. The predicted octanol–water partition coefficient (Wildman–Crippen LogP) is 3.70. The van der Waals surface area contributed by atoms with Crippen molar-refractivity contribution in [1.82, 2.24) is 0 Å². The Morgan fingerprint density at radius 2 is 1.64 bits per heavy atom. The van der Waals surface area contributed by atoms with Crippen molar-refractivity contribution in [1.29, 1.82) is 0 Å². The molecule has 76 valence electrons. The van der Waals surface area contributed by atoms with Gasteiger partial charge in [-0.3, -0.25) is 0 Å². The van der Waals surface area contributed by atoms with Crippen LogP contribution in [0.25, 0.3) is 0 Å². The predicted molar refractivity (Wildman–Crippen MR) is 78.4 cm³/mol. The van der Waals surface area contributed by atoms with Crippen molar-refractivity contribution < 1.29 is 0 Å². The Labute approximate surface area is 113 Å². The first kappa shape index (κ1) is 11.0. The average molecular weight is 413 g/mol. The Hall–Kier alpha value is 0.480. The molecular formula is C11H13I2N. The highest BCUT2D eigenvalue weighted by molar-refractivity contribution is 14.1. The van der Waals surface area contributed by atoms with E-state index in [4.69, 9.17) is 0 Å². The highest BCUT2D eigenvalue weighted by Gasteiger charge is 2.16. The lowest BCUT2D eigenvalue weighted by Crippen LogP contribution is -2.33. The molecule has 1 fully saturated rings. The molecule has 1 heterocycles. The molecule has 1 aliphatic heterocycles. The third-order valence-corrected chi connectivity index (χ3v) is 4.58. The molecule has 1 aromatic carbocycles. The zero-order valence-electron chi connectivity index (χ0n) is 7.92. The van der Waals surface area contributed by atoms with Crippen LogP contribution in [0.3, 0.4) is 0 Å². The summed E-state index contributed by atoms with van der Waals surface area (Å²) in [6.45, 7) is 2.43. The van der Waals surface area contributed by atoms with Gasteiger partial charge in [0, 0.05) is 26.3 Å². The molecule has 0 unspecified atom stereocenters. The topological polar surface area (TPSA) is 3.24 Å². The van der Waals surface area contributed by atoms with E-state index >= 15 is 0 Å². The molecule has 0 atom stereocenters. The van der Waals surface area contributed by atoms with E-state index in [9.17, 15) is 0 Å². The van der Waals surface area contributed by atoms with Gasteiger partial charge in [0.1, 0.15) is 0 Å². The normalized spacial score (nSPS) is 18.6. The second-order valence-corrected chi connectivity index (χ2v) is 6.65. The van der Waals surface area contributed by atoms with Gasteiger partial charge in [-0.05, 0) is 59.7 Å². The maximum Gasteiger partial charge on any atom is 0.0366 e. The lowest BCUT2D eigenvalue weighted by molar-refractivity contribution is 0.605. The van der Waals surface area contributed by atoms with Crippen LogP contribution >= 0.6 is 45.2 Å². The van der Waals surface area contributed by atoms with Crippen LogP contribution in [0, 0.1) is 3.57 Å². The van der Waals surface area contributed by atoms with E-state index in [1.807, 2.05) is 0 Å². The standard InChI is InChI=1S/C11H13I2N/c12-9-1-3-11(4-2-9)14-7-5-10(13)6-8-14/h1-4,10H,5-8H2. The van der Waals surface area contributed by atoms with E-state index in [0.717, 1.165) is 3.92 Å². The first-order chi connectivity index (χ1) is 6.75. The van der Waals surface area contributed by atoms with Gasteiger partial charge >= 0.3 is 0 Å². The average Bonchev–Trinajstić information content (AvgIpc) is 2.21. The zero-order valence-corrected chi connectivity index (χ0v) is 12.2. The highest BCUT2D eigenvalue weighted by atomic mass is 127. The van der Waals surface area contributed by atoms with Crippen LogP contribution in [0.15, 0.2) is 24.3 Å². The van der Waals surface area contributed by atoms with Crippen LogP contribution in [-0.4, -0.2) is 17.0 Å². The van der Waals surface area contributed by atoms with E-state index < -0.39 is 0 Å². The van der Waals surface area contributed by atoms with E-state index in [-0.39, 0.29) is 0 Å². The fourth-order valence-electron chi connectivity index (χ4n) is 1.76. The summed E-state index contributed by atoms with van der Waals surface area (Å²) in [6, 6.07) is 8.84. The van der Waals surface area contributed by atoms with Crippen molar-refractivity contribution in [3.8, 4) is 0 Å². The van der Waals surface area contributed by atoms with Crippen LogP contribution in [0.2, 0.25) is 0 Å². The Balaban J connectivity index is 2.05. The van der Waals surface area contributed by atoms with Crippen LogP contribution in [-0.2, 0) is 0 Å². The summed E-state index contributed by atoms with van der Waals surface area (Å²) < 4.78 is 2.20. The highest BCUT2D eigenvalue weighted by Crippen LogP contribution is 2.24. The maximum absolute atomic E-state index is 2.56. The van der Waals surface area contributed by atoms with Crippen molar-refractivity contribution in [2.45, 2.75) is 16.8 Å². The van der Waals surface area contributed by atoms with Crippen molar-refractivity contribution in [3.63, 3.8) is 0 Å². The lowest BCUT2D eigenvalue weighted by Gasteiger charge is -2.31. The minimum Gasteiger partial charge on any atom is -0.371 e. The number of hydrogen-bond donors (Lipinski definition) is 0. The van der Waals surface area contributed by atoms with Gasteiger partial charge in [-0.1, -0.05) is 22.6 Å². The quantitative estimate of drug-likeness (QED) is 0.502. The molecule has 1 aliphatic rings. The van der Waals surface area contributed by atoms with E-state index in [1.54, 1.807) is 0 Å². The zero-order chi connectivity index (χ0) is 9.97. The number of rotatable bonds is 1. The molecule has 0 saturated carbocycles. The van der Waals surface area contributed by atoms with Crippen LogP contribution in [0.1, 0.15) is 12.8 Å². The number of halogens is 2. The van der Waals surface area contributed by atoms with E-state index in [1.165, 1.54) is 35.2 Å². The lowest BCUT2D eigenvalue weighted by atomic mass is 10.1. The molecule has 0 aromatic heterocycles. The van der Waals surface area contributed by atoms with Gasteiger partial charge in [-0.2, -0.15) is 0 Å². The minimum atomic E-state index is 0.882. The molecule has 1 saturated heterocycles. The summed E-state index contributed by atoms with van der Waals surface area (Å²) in [5.74, 6) is 0. The molecule has 0 spiro atoms. The third-order valence-electron chi connectivity index (χ3n) is 2.62. The summed E-state index contributed by atoms with van der Waals surface area (Å²) in [5, 5.41) is 0. The van der Waals surface area contributed by atoms with E-state index in [2.05, 4.69) is 74.3 Å². The van der Waals surface area contributed by atoms with Crippen molar-refractivity contribution in [2.75, 3.05) is 18.0 Å². The van der Waals surface area contributed by atoms with Gasteiger partial charge in [-0.25, -0.2) is 0 Å². The molecule has 14 heavy (non-hydrogen) atoms. The molecule has 1 aromatic rings. The summed E-state index contributed by atoms with van der Waals surface area (Å²) in [6.07, 6.45) is 2.65.